The third-order valence-electron chi connectivity index (χ3n) is 3.86. The molecular formula is C20H34NO. The second-order valence-corrected chi connectivity index (χ2v) is 5.97. The van der Waals surface area contributed by atoms with Crippen LogP contribution in [0.4, 0.5) is 0 Å². The molecule has 0 unspecified atom stereocenters. The van der Waals surface area contributed by atoms with Crippen LogP contribution in [0, 0.1) is 6.92 Å². The molecule has 22 heavy (non-hydrogen) atoms. The summed E-state index contributed by atoms with van der Waals surface area (Å²) in [4.78, 5) is 0. The van der Waals surface area contributed by atoms with E-state index in [0.29, 0.717) is 0 Å². The van der Waals surface area contributed by atoms with Gasteiger partial charge in [-0.2, -0.15) is 0 Å². The van der Waals surface area contributed by atoms with E-state index in [-0.39, 0.29) is 0 Å². The predicted molar refractivity (Wildman–Crippen MR) is 96.5 cm³/mol. The average Bonchev–Trinajstić information content (AvgIpc) is 2.54. The molecular weight excluding hydrogens is 270 g/mol. The molecule has 0 aliphatic carbocycles. The standard InChI is InChI=1S/C20H34NO/c1-3-5-6-8-16-21-17-9-7-10-18-22-20-14-12-19(11-4-2)13-15-20/h12-15,21H,2-11,16-18H2,1H3. The number of aryl methyl sites for hydroxylation is 1. The van der Waals surface area contributed by atoms with Crippen molar-refractivity contribution in [2.45, 2.75) is 64.7 Å². The molecule has 2 heteroatoms. The highest BCUT2D eigenvalue weighted by atomic mass is 16.5. The lowest BCUT2D eigenvalue weighted by molar-refractivity contribution is 0.305. The van der Waals surface area contributed by atoms with Crippen molar-refractivity contribution in [1.29, 1.82) is 0 Å². The van der Waals surface area contributed by atoms with E-state index < -0.39 is 0 Å². The Bertz CT molecular complexity index is 347. The molecule has 0 saturated heterocycles. The van der Waals surface area contributed by atoms with E-state index in [9.17, 15) is 0 Å². The predicted octanol–water partition coefficient (Wildman–Crippen LogP) is 5.17. The topological polar surface area (TPSA) is 21.3 Å². The number of nitrogens with one attached hydrogen (secondary N) is 1. The third kappa shape index (κ3) is 9.83. The summed E-state index contributed by atoms with van der Waals surface area (Å²) >= 11 is 0. The van der Waals surface area contributed by atoms with Gasteiger partial charge in [0.1, 0.15) is 5.75 Å². The van der Waals surface area contributed by atoms with Crippen LogP contribution >= 0.6 is 0 Å². The van der Waals surface area contributed by atoms with E-state index in [4.69, 9.17) is 4.74 Å². The van der Waals surface area contributed by atoms with E-state index in [2.05, 4.69) is 43.4 Å². The Morgan fingerprint density at radius 1 is 0.909 bits per heavy atom. The minimum absolute atomic E-state index is 0.825. The molecule has 0 heterocycles. The molecule has 0 fully saturated rings. The van der Waals surface area contributed by atoms with Gasteiger partial charge in [-0.25, -0.2) is 0 Å². The van der Waals surface area contributed by atoms with Crippen molar-refractivity contribution in [3.05, 3.63) is 36.8 Å². The highest BCUT2D eigenvalue weighted by Crippen LogP contribution is 2.13. The fourth-order valence-corrected chi connectivity index (χ4v) is 2.48. The molecule has 1 radical (unpaired) electrons. The van der Waals surface area contributed by atoms with Gasteiger partial charge in [-0.05, 0) is 69.3 Å². The quantitative estimate of drug-likeness (QED) is 0.479. The Morgan fingerprint density at radius 2 is 1.59 bits per heavy atom. The van der Waals surface area contributed by atoms with E-state index in [1.165, 1.54) is 50.6 Å². The van der Waals surface area contributed by atoms with Crippen LogP contribution in [-0.4, -0.2) is 19.7 Å². The first-order chi connectivity index (χ1) is 10.9. The lowest BCUT2D eigenvalue weighted by Gasteiger charge is -2.07. The van der Waals surface area contributed by atoms with Gasteiger partial charge in [0.2, 0.25) is 0 Å². The lowest BCUT2D eigenvalue weighted by Crippen LogP contribution is -2.16. The van der Waals surface area contributed by atoms with Crippen LogP contribution < -0.4 is 10.1 Å². The highest BCUT2D eigenvalue weighted by Gasteiger charge is 1.96. The number of benzene rings is 1. The zero-order valence-corrected chi connectivity index (χ0v) is 14.4. The first-order valence-electron chi connectivity index (χ1n) is 9.08. The van der Waals surface area contributed by atoms with Crippen LogP contribution in [0.1, 0.15) is 63.9 Å². The van der Waals surface area contributed by atoms with Crippen molar-refractivity contribution in [3.8, 4) is 5.75 Å². The fraction of sp³-hybridized carbons (Fsp3) is 0.650. The van der Waals surface area contributed by atoms with Crippen molar-refractivity contribution in [2.24, 2.45) is 0 Å². The first-order valence-corrected chi connectivity index (χ1v) is 9.08. The van der Waals surface area contributed by atoms with Gasteiger partial charge < -0.3 is 10.1 Å². The number of ether oxygens (including phenoxy) is 1. The monoisotopic (exact) mass is 304 g/mol. The maximum Gasteiger partial charge on any atom is 0.119 e. The highest BCUT2D eigenvalue weighted by molar-refractivity contribution is 5.27. The molecule has 125 valence electrons. The van der Waals surface area contributed by atoms with Crippen LogP contribution in [0.5, 0.6) is 5.75 Å². The molecule has 1 aromatic carbocycles. The Balaban J connectivity index is 1.90. The van der Waals surface area contributed by atoms with Gasteiger partial charge >= 0.3 is 0 Å². The van der Waals surface area contributed by atoms with Gasteiger partial charge in [0.15, 0.2) is 0 Å². The smallest absolute Gasteiger partial charge is 0.119 e. The summed E-state index contributed by atoms with van der Waals surface area (Å²) in [5.41, 5.74) is 1.34. The average molecular weight is 304 g/mol. The summed E-state index contributed by atoms with van der Waals surface area (Å²) in [6, 6.07) is 8.43. The summed E-state index contributed by atoms with van der Waals surface area (Å²) in [6.07, 6.45) is 11.0. The van der Waals surface area contributed by atoms with Crippen molar-refractivity contribution in [3.63, 3.8) is 0 Å². The summed E-state index contributed by atoms with van der Waals surface area (Å²) in [7, 11) is 0. The second kappa shape index (κ2) is 13.6. The molecule has 0 aliphatic rings. The Hall–Kier alpha value is -1.02. The minimum Gasteiger partial charge on any atom is -0.494 e. The molecule has 1 N–H and O–H groups in total. The van der Waals surface area contributed by atoms with Gasteiger partial charge in [-0.15, -0.1) is 0 Å². The summed E-state index contributed by atoms with van der Waals surface area (Å²) in [6.45, 7) is 9.28. The number of hydrogen-bond acceptors (Lipinski definition) is 2. The molecule has 0 aliphatic heterocycles. The van der Waals surface area contributed by atoms with Crippen LogP contribution in [0.15, 0.2) is 24.3 Å². The Morgan fingerprint density at radius 3 is 2.23 bits per heavy atom. The summed E-state index contributed by atoms with van der Waals surface area (Å²) in [5, 5.41) is 3.53. The SMILES string of the molecule is [CH2]CCc1ccc(OCCCCCNCCCCCC)cc1. The van der Waals surface area contributed by atoms with Gasteiger partial charge in [-0.1, -0.05) is 45.2 Å². The molecule has 0 bridgehead atoms. The van der Waals surface area contributed by atoms with E-state index in [1.807, 2.05) is 0 Å². The maximum absolute atomic E-state index is 5.78. The van der Waals surface area contributed by atoms with Crippen molar-refractivity contribution in [2.75, 3.05) is 19.7 Å². The Kier molecular flexibility index (Phi) is 11.8. The zero-order valence-electron chi connectivity index (χ0n) is 14.4. The van der Waals surface area contributed by atoms with Crippen molar-refractivity contribution >= 4 is 0 Å². The Labute approximate surface area is 137 Å². The van der Waals surface area contributed by atoms with Crippen molar-refractivity contribution in [1.82, 2.24) is 5.32 Å². The summed E-state index contributed by atoms with van der Waals surface area (Å²) in [5.74, 6) is 0.988. The minimum atomic E-state index is 0.825. The summed E-state index contributed by atoms with van der Waals surface area (Å²) < 4.78 is 5.78. The molecule has 0 amide bonds. The van der Waals surface area contributed by atoms with Crippen LogP contribution in [0.2, 0.25) is 0 Å². The third-order valence-corrected chi connectivity index (χ3v) is 3.86. The lowest BCUT2D eigenvalue weighted by atomic mass is 10.1. The number of unbranched alkanes of at least 4 members (excludes halogenated alkanes) is 5. The number of rotatable bonds is 14. The molecule has 0 saturated carbocycles. The molecule has 0 atom stereocenters. The molecule has 0 aromatic heterocycles. The second-order valence-electron chi connectivity index (χ2n) is 5.97. The van der Waals surface area contributed by atoms with Crippen LogP contribution in [0.3, 0.4) is 0 Å². The van der Waals surface area contributed by atoms with E-state index >= 15 is 0 Å². The first kappa shape index (κ1) is 19.0. The van der Waals surface area contributed by atoms with Gasteiger partial charge in [0.25, 0.3) is 0 Å². The van der Waals surface area contributed by atoms with Crippen molar-refractivity contribution < 1.29 is 4.74 Å². The van der Waals surface area contributed by atoms with Crippen LogP contribution in [-0.2, 0) is 6.42 Å². The van der Waals surface area contributed by atoms with E-state index in [0.717, 1.165) is 38.2 Å². The molecule has 1 aromatic rings. The normalized spacial score (nSPS) is 10.8. The fourth-order valence-electron chi connectivity index (χ4n) is 2.48. The largest absolute Gasteiger partial charge is 0.494 e. The van der Waals surface area contributed by atoms with Gasteiger partial charge in [0, 0.05) is 0 Å². The van der Waals surface area contributed by atoms with Gasteiger partial charge in [0.05, 0.1) is 6.61 Å². The van der Waals surface area contributed by atoms with Gasteiger partial charge in [-0.3, -0.25) is 0 Å². The van der Waals surface area contributed by atoms with Crippen LogP contribution in [0.25, 0.3) is 0 Å². The number of hydrogen-bond donors (Lipinski definition) is 1. The van der Waals surface area contributed by atoms with E-state index in [1.54, 1.807) is 0 Å². The molecule has 0 spiro atoms. The molecule has 2 nitrogen and oxygen atoms in total. The molecule has 1 rings (SSSR count). The zero-order chi connectivity index (χ0) is 15.9. The maximum atomic E-state index is 5.78.